The van der Waals surface area contributed by atoms with Crippen molar-refractivity contribution in [2.45, 2.75) is 0 Å². The molecular formula is C10H8ClFO2. The van der Waals surface area contributed by atoms with Gasteiger partial charge in [0.05, 0.1) is 7.11 Å². The van der Waals surface area contributed by atoms with Gasteiger partial charge in [0.25, 0.3) is 0 Å². The molecule has 0 aliphatic carbocycles. The van der Waals surface area contributed by atoms with Gasteiger partial charge in [-0.15, -0.1) is 0 Å². The summed E-state index contributed by atoms with van der Waals surface area (Å²) in [4.78, 5) is 10.7. The Labute approximate surface area is 85.9 Å². The Bertz CT molecular complexity index is 354. The fourth-order valence-corrected chi connectivity index (χ4v) is 1.13. The van der Waals surface area contributed by atoms with Gasteiger partial charge in [-0.2, -0.15) is 0 Å². The van der Waals surface area contributed by atoms with Crippen molar-refractivity contribution in [3.05, 3.63) is 40.7 Å². The van der Waals surface area contributed by atoms with Crippen molar-refractivity contribution in [1.82, 2.24) is 0 Å². The molecule has 0 heterocycles. The average molecular weight is 215 g/mol. The molecule has 0 N–H and O–H groups in total. The molecule has 4 heteroatoms. The lowest BCUT2D eigenvalue weighted by Crippen LogP contribution is -1.93. The SMILES string of the molecule is COC(=O)/C=C/c1cc(F)cc(Cl)c1. The Kier molecular flexibility index (Phi) is 3.65. The van der Waals surface area contributed by atoms with E-state index < -0.39 is 11.8 Å². The van der Waals surface area contributed by atoms with Gasteiger partial charge in [-0.1, -0.05) is 11.6 Å². The Morgan fingerprint density at radius 2 is 2.21 bits per heavy atom. The summed E-state index contributed by atoms with van der Waals surface area (Å²) in [5.74, 6) is -0.938. The van der Waals surface area contributed by atoms with Crippen molar-refractivity contribution < 1.29 is 13.9 Å². The number of methoxy groups -OCH3 is 1. The second-order valence-electron chi connectivity index (χ2n) is 2.56. The molecule has 74 valence electrons. The number of rotatable bonds is 2. The van der Waals surface area contributed by atoms with Gasteiger partial charge in [0.1, 0.15) is 5.82 Å². The maximum Gasteiger partial charge on any atom is 0.330 e. The predicted molar refractivity (Wildman–Crippen MR) is 52.5 cm³/mol. The third kappa shape index (κ3) is 3.18. The lowest BCUT2D eigenvalue weighted by Gasteiger charge is -1.95. The zero-order valence-corrected chi connectivity index (χ0v) is 8.22. The average Bonchev–Trinajstić information content (AvgIpc) is 2.12. The summed E-state index contributed by atoms with van der Waals surface area (Å²) < 4.78 is 17.2. The molecule has 0 radical (unpaired) electrons. The molecule has 0 amide bonds. The molecule has 0 fully saturated rings. The van der Waals surface area contributed by atoms with Crippen LogP contribution in [-0.4, -0.2) is 13.1 Å². The van der Waals surface area contributed by atoms with Crippen molar-refractivity contribution in [3.63, 3.8) is 0 Å². The minimum absolute atomic E-state index is 0.287. The molecule has 0 atom stereocenters. The van der Waals surface area contributed by atoms with E-state index in [0.29, 0.717) is 5.56 Å². The van der Waals surface area contributed by atoms with Gasteiger partial charge in [-0.05, 0) is 29.8 Å². The van der Waals surface area contributed by atoms with Crippen molar-refractivity contribution in [2.24, 2.45) is 0 Å². The Morgan fingerprint density at radius 1 is 1.50 bits per heavy atom. The topological polar surface area (TPSA) is 26.3 Å². The predicted octanol–water partition coefficient (Wildman–Crippen LogP) is 2.67. The van der Waals surface area contributed by atoms with E-state index in [4.69, 9.17) is 11.6 Å². The normalized spacial score (nSPS) is 10.5. The summed E-state index contributed by atoms with van der Waals surface area (Å²) in [5, 5.41) is 0.287. The summed E-state index contributed by atoms with van der Waals surface area (Å²) in [6.07, 6.45) is 2.63. The quantitative estimate of drug-likeness (QED) is 0.559. The summed E-state index contributed by atoms with van der Waals surface area (Å²) in [6.45, 7) is 0. The van der Waals surface area contributed by atoms with E-state index in [1.54, 1.807) is 6.07 Å². The Hall–Kier alpha value is -1.35. The van der Waals surface area contributed by atoms with Gasteiger partial charge >= 0.3 is 5.97 Å². The molecule has 14 heavy (non-hydrogen) atoms. The molecule has 0 bridgehead atoms. The molecule has 0 aromatic heterocycles. The summed E-state index contributed by atoms with van der Waals surface area (Å²) in [7, 11) is 1.27. The Morgan fingerprint density at radius 3 is 2.79 bits per heavy atom. The lowest BCUT2D eigenvalue weighted by molar-refractivity contribution is -0.134. The van der Waals surface area contributed by atoms with Crippen molar-refractivity contribution in [3.8, 4) is 0 Å². The molecule has 2 nitrogen and oxygen atoms in total. The first kappa shape index (κ1) is 10.7. The van der Waals surface area contributed by atoms with Gasteiger partial charge < -0.3 is 4.74 Å². The van der Waals surface area contributed by atoms with Crippen LogP contribution >= 0.6 is 11.6 Å². The smallest absolute Gasteiger partial charge is 0.330 e. The highest BCUT2D eigenvalue weighted by Gasteiger charge is 1.97. The molecule has 0 saturated heterocycles. The second-order valence-corrected chi connectivity index (χ2v) is 3.00. The van der Waals surface area contributed by atoms with Gasteiger partial charge in [0.2, 0.25) is 0 Å². The van der Waals surface area contributed by atoms with E-state index in [1.807, 2.05) is 0 Å². The maximum atomic E-state index is 12.8. The zero-order valence-electron chi connectivity index (χ0n) is 7.46. The number of ether oxygens (including phenoxy) is 1. The molecule has 1 aromatic carbocycles. The van der Waals surface area contributed by atoms with Crippen LogP contribution in [0, 0.1) is 5.82 Å². The molecule has 0 unspecified atom stereocenters. The number of halogens is 2. The van der Waals surface area contributed by atoms with Crippen LogP contribution < -0.4 is 0 Å². The van der Waals surface area contributed by atoms with Crippen LogP contribution in [0.1, 0.15) is 5.56 Å². The van der Waals surface area contributed by atoms with Crippen LogP contribution in [-0.2, 0) is 9.53 Å². The number of esters is 1. The largest absolute Gasteiger partial charge is 0.466 e. The molecule has 0 saturated carbocycles. The van der Waals surface area contributed by atoms with Crippen LogP contribution in [0.25, 0.3) is 6.08 Å². The van der Waals surface area contributed by atoms with Crippen molar-refractivity contribution in [2.75, 3.05) is 7.11 Å². The molecule has 0 spiro atoms. The third-order valence-electron chi connectivity index (χ3n) is 1.50. The van der Waals surface area contributed by atoms with Crippen LogP contribution in [0.3, 0.4) is 0 Å². The number of benzene rings is 1. The fraction of sp³-hybridized carbons (Fsp3) is 0.100. The monoisotopic (exact) mass is 214 g/mol. The zero-order chi connectivity index (χ0) is 10.6. The summed E-state index contributed by atoms with van der Waals surface area (Å²) in [6, 6.07) is 4.01. The molecule has 0 aliphatic heterocycles. The van der Waals surface area contributed by atoms with E-state index >= 15 is 0 Å². The first-order valence-electron chi connectivity index (χ1n) is 3.84. The highest BCUT2D eigenvalue weighted by atomic mass is 35.5. The number of hydrogen-bond donors (Lipinski definition) is 0. The van der Waals surface area contributed by atoms with Crippen molar-refractivity contribution >= 4 is 23.6 Å². The minimum Gasteiger partial charge on any atom is -0.466 e. The fourth-order valence-electron chi connectivity index (χ4n) is 0.904. The van der Waals surface area contributed by atoms with E-state index in [1.165, 1.54) is 31.4 Å². The van der Waals surface area contributed by atoms with E-state index in [2.05, 4.69) is 4.74 Å². The van der Waals surface area contributed by atoms with Crippen LogP contribution in [0.4, 0.5) is 4.39 Å². The maximum absolute atomic E-state index is 12.8. The Balaban J connectivity index is 2.86. The van der Waals surface area contributed by atoms with Gasteiger partial charge in [0.15, 0.2) is 0 Å². The van der Waals surface area contributed by atoms with Gasteiger partial charge in [-0.3, -0.25) is 0 Å². The lowest BCUT2D eigenvalue weighted by atomic mass is 10.2. The summed E-state index contributed by atoms with van der Waals surface area (Å²) >= 11 is 5.61. The molecule has 1 rings (SSSR count). The van der Waals surface area contributed by atoms with Gasteiger partial charge in [-0.25, -0.2) is 9.18 Å². The second kappa shape index (κ2) is 4.77. The third-order valence-corrected chi connectivity index (χ3v) is 1.72. The first-order chi connectivity index (χ1) is 6.61. The van der Waals surface area contributed by atoms with Crippen LogP contribution in [0.2, 0.25) is 5.02 Å². The van der Waals surface area contributed by atoms with Gasteiger partial charge in [0, 0.05) is 11.1 Å². The molecule has 1 aromatic rings. The van der Waals surface area contributed by atoms with Crippen LogP contribution in [0.5, 0.6) is 0 Å². The molecule has 0 aliphatic rings. The standard InChI is InChI=1S/C10H8ClFO2/c1-14-10(13)3-2-7-4-8(11)6-9(12)5-7/h2-6H,1H3/b3-2+. The highest BCUT2D eigenvalue weighted by molar-refractivity contribution is 6.30. The number of carbonyl (C=O) groups excluding carboxylic acids is 1. The van der Waals surface area contributed by atoms with E-state index in [0.717, 1.165) is 0 Å². The summed E-state index contributed by atoms with van der Waals surface area (Å²) in [5.41, 5.74) is 0.514. The van der Waals surface area contributed by atoms with E-state index in [9.17, 15) is 9.18 Å². The van der Waals surface area contributed by atoms with Crippen LogP contribution in [0.15, 0.2) is 24.3 Å². The first-order valence-corrected chi connectivity index (χ1v) is 4.22. The number of carbonyl (C=O) groups is 1. The number of hydrogen-bond acceptors (Lipinski definition) is 2. The molecular weight excluding hydrogens is 207 g/mol. The minimum atomic E-state index is -0.495. The van der Waals surface area contributed by atoms with E-state index in [-0.39, 0.29) is 5.02 Å². The van der Waals surface area contributed by atoms with Crippen molar-refractivity contribution in [1.29, 1.82) is 0 Å². The highest BCUT2D eigenvalue weighted by Crippen LogP contribution is 2.15.